The first-order valence-corrected chi connectivity index (χ1v) is 6.53. The highest BCUT2D eigenvalue weighted by Crippen LogP contribution is 2.25. The van der Waals surface area contributed by atoms with Crippen LogP contribution in [0.4, 0.5) is 0 Å². The van der Waals surface area contributed by atoms with Crippen molar-refractivity contribution in [2.24, 2.45) is 0 Å². The molecule has 1 N–H and O–H groups in total. The lowest BCUT2D eigenvalue weighted by Crippen LogP contribution is -2.16. The fourth-order valence-electron chi connectivity index (χ4n) is 1.32. The number of rotatable bonds is 2. The van der Waals surface area contributed by atoms with Gasteiger partial charge >= 0.3 is 0 Å². The van der Waals surface area contributed by atoms with E-state index >= 15 is 0 Å². The lowest BCUT2D eigenvalue weighted by Gasteiger charge is -2.00. The average molecular weight is 214 g/mol. The molecule has 2 heterocycles. The molecule has 0 fully saturated rings. The van der Waals surface area contributed by atoms with Crippen LogP contribution in [0.1, 0.15) is 17.1 Å². The number of thioether (sulfide) groups is 2. The van der Waals surface area contributed by atoms with E-state index in [1.807, 2.05) is 6.26 Å². The zero-order valence-corrected chi connectivity index (χ0v) is 8.93. The van der Waals surface area contributed by atoms with Crippen LogP contribution in [-0.4, -0.2) is 16.2 Å². The van der Waals surface area contributed by atoms with Gasteiger partial charge in [-0.2, -0.15) is 23.5 Å². The van der Waals surface area contributed by atoms with Gasteiger partial charge in [-0.3, -0.25) is 4.79 Å². The van der Waals surface area contributed by atoms with Gasteiger partial charge in [0.2, 0.25) is 0 Å². The van der Waals surface area contributed by atoms with E-state index in [9.17, 15) is 4.79 Å². The number of H-pyrrole nitrogens is 1. The summed E-state index contributed by atoms with van der Waals surface area (Å²) >= 11 is 3.42. The Morgan fingerprint density at radius 2 is 2.46 bits per heavy atom. The third-order valence-corrected chi connectivity index (χ3v) is 3.45. The fraction of sp³-hybridized carbons (Fsp3) is 0.500. The van der Waals surface area contributed by atoms with Crippen molar-refractivity contribution in [3.63, 3.8) is 0 Å². The van der Waals surface area contributed by atoms with Gasteiger partial charge in [0.15, 0.2) is 0 Å². The number of aromatic nitrogens is 2. The largest absolute Gasteiger partial charge is 0.310 e. The first kappa shape index (κ1) is 9.15. The first-order valence-electron chi connectivity index (χ1n) is 3.99. The van der Waals surface area contributed by atoms with Crippen LogP contribution in [-0.2, 0) is 17.3 Å². The summed E-state index contributed by atoms with van der Waals surface area (Å²) in [7, 11) is 0. The Morgan fingerprint density at radius 3 is 3.23 bits per heavy atom. The predicted molar refractivity (Wildman–Crippen MR) is 57.1 cm³/mol. The van der Waals surface area contributed by atoms with E-state index in [2.05, 4.69) is 9.97 Å². The quantitative estimate of drug-likeness (QED) is 0.808. The maximum Gasteiger partial charge on any atom is 0.255 e. The van der Waals surface area contributed by atoms with E-state index in [-0.39, 0.29) is 5.56 Å². The van der Waals surface area contributed by atoms with E-state index in [0.717, 1.165) is 34.3 Å². The summed E-state index contributed by atoms with van der Waals surface area (Å²) in [6.45, 7) is 0. The summed E-state index contributed by atoms with van der Waals surface area (Å²) in [5, 5.41) is 0. The molecular weight excluding hydrogens is 204 g/mol. The summed E-state index contributed by atoms with van der Waals surface area (Å²) in [5.74, 6) is 3.30. The summed E-state index contributed by atoms with van der Waals surface area (Å²) in [6, 6.07) is 0. The van der Waals surface area contributed by atoms with Gasteiger partial charge < -0.3 is 4.98 Å². The maximum absolute atomic E-state index is 11.5. The van der Waals surface area contributed by atoms with Crippen LogP contribution >= 0.6 is 23.5 Å². The van der Waals surface area contributed by atoms with Crippen LogP contribution in [0.25, 0.3) is 0 Å². The van der Waals surface area contributed by atoms with Crippen LogP contribution in [0, 0.1) is 0 Å². The van der Waals surface area contributed by atoms with Crippen LogP contribution in [0.2, 0.25) is 0 Å². The van der Waals surface area contributed by atoms with Crippen molar-refractivity contribution in [1.82, 2.24) is 9.97 Å². The van der Waals surface area contributed by atoms with Gasteiger partial charge in [0.25, 0.3) is 5.56 Å². The van der Waals surface area contributed by atoms with Gasteiger partial charge in [-0.1, -0.05) is 0 Å². The molecule has 0 radical (unpaired) electrons. The molecule has 0 atom stereocenters. The molecule has 1 aromatic heterocycles. The van der Waals surface area contributed by atoms with Gasteiger partial charge in [-0.25, -0.2) is 4.98 Å². The van der Waals surface area contributed by atoms with Crippen LogP contribution in [0.3, 0.4) is 0 Å². The minimum absolute atomic E-state index is 0.0547. The number of fused-ring (bicyclic) bond motifs is 1. The standard InChI is InChI=1S/C8H10N2OS2/c1-12-4-7-9-6-3-13-2-5(6)8(11)10-7/h2-4H2,1H3,(H,9,10,11). The topological polar surface area (TPSA) is 45.8 Å². The van der Waals surface area contributed by atoms with E-state index < -0.39 is 0 Å². The van der Waals surface area contributed by atoms with Crippen LogP contribution in [0.5, 0.6) is 0 Å². The van der Waals surface area contributed by atoms with Crippen molar-refractivity contribution < 1.29 is 0 Å². The van der Waals surface area contributed by atoms with E-state index in [1.54, 1.807) is 23.5 Å². The molecule has 0 aliphatic carbocycles. The number of nitrogens with zero attached hydrogens (tertiary/aromatic N) is 1. The smallest absolute Gasteiger partial charge is 0.255 e. The normalized spacial score (nSPS) is 14.5. The molecule has 1 aliphatic rings. The monoisotopic (exact) mass is 214 g/mol. The molecule has 0 saturated heterocycles. The molecule has 3 nitrogen and oxygen atoms in total. The second-order valence-corrected chi connectivity index (χ2v) is 4.72. The summed E-state index contributed by atoms with van der Waals surface area (Å²) in [4.78, 5) is 18.7. The molecule has 0 unspecified atom stereocenters. The molecule has 1 aromatic rings. The van der Waals surface area contributed by atoms with E-state index in [1.165, 1.54) is 0 Å². The third kappa shape index (κ3) is 1.76. The van der Waals surface area contributed by atoms with Crippen LogP contribution < -0.4 is 5.56 Å². The van der Waals surface area contributed by atoms with Crippen LogP contribution in [0.15, 0.2) is 4.79 Å². The molecule has 0 bridgehead atoms. The number of aromatic amines is 1. The SMILES string of the molecule is CSCc1nc2c(c(=O)[nH]1)CSC2. The van der Waals surface area contributed by atoms with Crippen molar-refractivity contribution in [3.05, 3.63) is 27.4 Å². The minimum Gasteiger partial charge on any atom is -0.310 e. The summed E-state index contributed by atoms with van der Waals surface area (Å²) in [6.07, 6.45) is 2.00. The highest BCUT2D eigenvalue weighted by Gasteiger charge is 2.16. The molecule has 0 saturated carbocycles. The fourth-order valence-corrected chi connectivity index (χ4v) is 2.77. The highest BCUT2D eigenvalue weighted by atomic mass is 32.2. The lowest BCUT2D eigenvalue weighted by atomic mass is 10.3. The number of nitrogens with one attached hydrogen (secondary N) is 1. The predicted octanol–water partition coefficient (Wildman–Crippen LogP) is 1.38. The minimum atomic E-state index is 0.0547. The molecular formula is C8H10N2OS2. The molecule has 1 aliphatic heterocycles. The number of hydrogen-bond donors (Lipinski definition) is 1. The zero-order valence-electron chi connectivity index (χ0n) is 7.29. The Bertz CT molecular complexity index is 375. The molecule has 70 valence electrons. The summed E-state index contributed by atoms with van der Waals surface area (Å²) < 4.78 is 0. The Labute approximate surface area is 84.7 Å². The lowest BCUT2D eigenvalue weighted by molar-refractivity contribution is 0.944. The van der Waals surface area contributed by atoms with Crippen molar-refractivity contribution in [2.45, 2.75) is 17.3 Å². The van der Waals surface area contributed by atoms with Crippen molar-refractivity contribution in [3.8, 4) is 0 Å². The molecule has 0 spiro atoms. The van der Waals surface area contributed by atoms with Crippen molar-refractivity contribution >= 4 is 23.5 Å². The van der Waals surface area contributed by atoms with Gasteiger partial charge in [0.1, 0.15) is 5.82 Å². The molecule has 5 heteroatoms. The Hall–Kier alpha value is -0.420. The van der Waals surface area contributed by atoms with E-state index in [4.69, 9.17) is 0 Å². The maximum atomic E-state index is 11.5. The highest BCUT2D eigenvalue weighted by molar-refractivity contribution is 7.98. The van der Waals surface area contributed by atoms with Crippen molar-refractivity contribution in [2.75, 3.05) is 6.26 Å². The Balaban J connectivity index is 2.44. The summed E-state index contributed by atoms with van der Waals surface area (Å²) in [5.41, 5.74) is 1.91. The molecule has 0 aromatic carbocycles. The third-order valence-electron chi connectivity index (χ3n) is 1.92. The van der Waals surface area contributed by atoms with Gasteiger partial charge in [0, 0.05) is 17.1 Å². The Kier molecular flexibility index (Phi) is 2.64. The molecule has 0 amide bonds. The second-order valence-electron chi connectivity index (χ2n) is 2.86. The second kappa shape index (κ2) is 3.75. The average Bonchev–Trinajstić information content (AvgIpc) is 2.53. The van der Waals surface area contributed by atoms with Crippen molar-refractivity contribution in [1.29, 1.82) is 0 Å². The Morgan fingerprint density at radius 1 is 1.62 bits per heavy atom. The van der Waals surface area contributed by atoms with E-state index in [0.29, 0.717) is 0 Å². The molecule has 13 heavy (non-hydrogen) atoms. The zero-order chi connectivity index (χ0) is 9.26. The first-order chi connectivity index (χ1) is 6.31. The van der Waals surface area contributed by atoms with Gasteiger partial charge in [-0.05, 0) is 6.26 Å². The van der Waals surface area contributed by atoms with Gasteiger partial charge in [0.05, 0.1) is 11.4 Å². The number of hydrogen-bond acceptors (Lipinski definition) is 4. The molecule has 2 rings (SSSR count). The van der Waals surface area contributed by atoms with Gasteiger partial charge in [-0.15, -0.1) is 0 Å².